The van der Waals surface area contributed by atoms with Gasteiger partial charge in [0.2, 0.25) is 0 Å². The lowest BCUT2D eigenvalue weighted by Gasteiger charge is -2.28. The Morgan fingerprint density at radius 2 is 2.12 bits per heavy atom. The first-order chi connectivity index (χ1) is 12.5. The van der Waals surface area contributed by atoms with Crippen LogP contribution in [0.15, 0.2) is 35.7 Å². The number of carbonyl (C=O) groups is 2. The number of rotatable bonds is 5. The van der Waals surface area contributed by atoms with Gasteiger partial charge in [0.15, 0.2) is 5.71 Å². The number of aromatic carboxylic acids is 1. The molecule has 0 radical (unpaired) electrons. The molecule has 0 spiro atoms. The molecular formula is C14H14BN5O6. The number of carboxylic acid groups (broad SMARTS) is 1. The molecule has 12 heteroatoms. The predicted octanol–water partition coefficient (Wildman–Crippen LogP) is -1.05. The zero-order valence-electron chi connectivity index (χ0n) is 13.3. The van der Waals surface area contributed by atoms with Crippen LogP contribution in [0.4, 0.5) is 0 Å². The van der Waals surface area contributed by atoms with Crippen molar-refractivity contribution in [3.05, 3.63) is 41.7 Å². The zero-order chi connectivity index (χ0) is 18.7. The second-order valence-electron chi connectivity index (χ2n) is 5.50. The van der Waals surface area contributed by atoms with E-state index in [1.807, 2.05) is 0 Å². The van der Waals surface area contributed by atoms with Gasteiger partial charge in [0, 0.05) is 0 Å². The molecule has 1 aliphatic heterocycles. The molecule has 134 valence electrons. The highest BCUT2D eigenvalue weighted by Crippen LogP contribution is 2.30. The molecule has 0 fully saturated rings. The van der Waals surface area contributed by atoms with Gasteiger partial charge in [0.25, 0.3) is 5.91 Å². The summed E-state index contributed by atoms with van der Waals surface area (Å²) in [5, 5.41) is 41.4. The van der Waals surface area contributed by atoms with Crippen LogP contribution in [0, 0.1) is 0 Å². The Morgan fingerprint density at radius 1 is 1.38 bits per heavy atom. The number of hydrogen-bond acceptors (Lipinski definition) is 8. The molecule has 1 amide bonds. The summed E-state index contributed by atoms with van der Waals surface area (Å²) < 4.78 is 5.28. The molecule has 0 unspecified atom stereocenters. The van der Waals surface area contributed by atoms with Gasteiger partial charge in [-0.05, 0) is 18.1 Å². The molecule has 1 aliphatic rings. The summed E-state index contributed by atoms with van der Waals surface area (Å²) in [5.74, 6) is -2.72. The maximum atomic E-state index is 12.3. The van der Waals surface area contributed by atoms with Gasteiger partial charge < -0.3 is 25.3 Å². The Bertz CT molecular complexity index is 856. The highest BCUT2D eigenvalue weighted by atomic mass is 16.5. The lowest BCUT2D eigenvalue weighted by atomic mass is 9.72. The Morgan fingerprint density at radius 3 is 2.77 bits per heavy atom. The largest absolute Gasteiger partial charge is 0.547 e. The van der Waals surface area contributed by atoms with Gasteiger partial charge in [-0.3, -0.25) is 4.79 Å². The second kappa shape index (κ2) is 7.23. The number of carboxylic acids is 1. The Kier molecular flexibility index (Phi) is 4.84. The third-order valence-electron chi connectivity index (χ3n) is 3.81. The van der Waals surface area contributed by atoms with E-state index in [9.17, 15) is 19.7 Å². The first kappa shape index (κ1) is 17.4. The average Bonchev–Trinajstić information content (AvgIpc) is 3.12. The van der Waals surface area contributed by atoms with Crippen LogP contribution >= 0.6 is 0 Å². The van der Waals surface area contributed by atoms with Gasteiger partial charge in [0.05, 0.1) is 23.9 Å². The van der Waals surface area contributed by atoms with Crippen molar-refractivity contribution in [1.29, 1.82) is 0 Å². The summed E-state index contributed by atoms with van der Waals surface area (Å²) in [6.45, 7) is -0.168. The third-order valence-corrected chi connectivity index (χ3v) is 3.81. The smallest absolute Gasteiger partial charge is 0.534 e. The number of aromatic nitrogens is 3. The number of oxime groups is 1. The molecule has 1 aromatic heterocycles. The van der Waals surface area contributed by atoms with Crippen molar-refractivity contribution in [2.45, 2.75) is 18.9 Å². The van der Waals surface area contributed by atoms with E-state index in [1.165, 1.54) is 18.5 Å². The van der Waals surface area contributed by atoms with Crippen LogP contribution in [0.1, 0.15) is 15.9 Å². The fourth-order valence-electron chi connectivity index (χ4n) is 2.58. The molecule has 0 bridgehead atoms. The van der Waals surface area contributed by atoms with Crippen LogP contribution in [-0.2, 0) is 17.8 Å². The summed E-state index contributed by atoms with van der Waals surface area (Å²) in [7, 11) is -1.46. The number of nitrogens with zero attached hydrogens (tertiary/aromatic N) is 4. The van der Waals surface area contributed by atoms with Crippen LogP contribution in [0.2, 0.25) is 0 Å². The van der Waals surface area contributed by atoms with Crippen molar-refractivity contribution in [3.63, 3.8) is 0 Å². The lowest BCUT2D eigenvalue weighted by Crippen LogP contribution is -2.54. The summed E-state index contributed by atoms with van der Waals surface area (Å²) >= 11 is 0. The number of para-hydroxylation sites is 1. The minimum atomic E-state index is -1.46. The number of carbonyl (C=O) groups excluding carboxylic acids is 1. The Hall–Kier alpha value is -3.41. The fraction of sp³-hybridized carbons (Fsp3) is 0.214. The summed E-state index contributed by atoms with van der Waals surface area (Å²) in [4.78, 5) is 24.6. The van der Waals surface area contributed by atoms with Gasteiger partial charge in [-0.2, -0.15) is 15.0 Å². The molecule has 0 saturated heterocycles. The Labute approximate surface area is 147 Å². The number of nitrogens with one attached hydrogen (secondary N) is 1. The van der Waals surface area contributed by atoms with Gasteiger partial charge in [-0.25, -0.2) is 4.79 Å². The van der Waals surface area contributed by atoms with Crippen LogP contribution in [0.25, 0.3) is 0 Å². The van der Waals surface area contributed by atoms with Crippen LogP contribution < -0.4 is 9.97 Å². The van der Waals surface area contributed by atoms with Crippen molar-refractivity contribution >= 4 is 24.7 Å². The van der Waals surface area contributed by atoms with Crippen molar-refractivity contribution in [2.24, 2.45) is 5.16 Å². The maximum absolute atomic E-state index is 12.3. The van der Waals surface area contributed by atoms with Gasteiger partial charge in [-0.15, -0.1) is 0 Å². The molecule has 1 atom stereocenters. The first-order valence-electron chi connectivity index (χ1n) is 7.55. The number of hydrogen-bond donors (Lipinski definition) is 4. The summed E-state index contributed by atoms with van der Waals surface area (Å²) in [5.41, 5.74) is 0.184. The van der Waals surface area contributed by atoms with E-state index >= 15 is 0 Å². The molecule has 11 nitrogen and oxygen atoms in total. The standard InChI is InChI=1S/C14H14BN5O6/c21-13(10(19-25)7-20-16-4-5-17-20)18-11-6-8-2-1-3-9(14(22)23)12(8)26-15(11)24/h1-5,11,24-25H,6-7H2,(H,18,21)(H,22,23)/b19-10-/t11-/m0/s1. The molecule has 1 aromatic carbocycles. The van der Waals surface area contributed by atoms with Crippen molar-refractivity contribution in [3.8, 4) is 5.75 Å². The molecule has 26 heavy (non-hydrogen) atoms. The number of benzene rings is 1. The summed E-state index contributed by atoms with van der Waals surface area (Å²) in [6.07, 6.45) is 2.95. The highest BCUT2D eigenvalue weighted by Gasteiger charge is 2.38. The number of amides is 1. The normalized spacial score (nSPS) is 16.6. The fourth-order valence-corrected chi connectivity index (χ4v) is 2.58. The third kappa shape index (κ3) is 3.49. The SMILES string of the molecule is O=C(N[C@H]1Cc2cccc(C(=O)O)c2OB1O)/C(Cn1nccn1)=N\O. The second-order valence-corrected chi connectivity index (χ2v) is 5.50. The van der Waals surface area contributed by atoms with Crippen LogP contribution in [0.5, 0.6) is 5.75 Å². The first-order valence-corrected chi connectivity index (χ1v) is 7.55. The van der Waals surface area contributed by atoms with Gasteiger partial charge >= 0.3 is 13.1 Å². The topological polar surface area (TPSA) is 159 Å². The zero-order valence-corrected chi connectivity index (χ0v) is 13.3. The molecular weight excluding hydrogens is 345 g/mol. The minimum Gasteiger partial charge on any atom is -0.534 e. The van der Waals surface area contributed by atoms with Gasteiger partial charge in [0.1, 0.15) is 12.3 Å². The monoisotopic (exact) mass is 359 g/mol. The molecule has 0 saturated carbocycles. The van der Waals surface area contributed by atoms with Gasteiger partial charge in [-0.1, -0.05) is 17.3 Å². The van der Waals surface area contributed by atoms with Crippen molar-refractivity contribution in [1.82, 2.24) is 20.3 Å². The molecule has 4 N–H and O–H groups in total. The molecule has 2 heterocycles. The van der Waals surface area contributed by atoms with E-state index in [1.54, 1.807) is 12.1 Å². The Balaban J connectivity index is 1.73. The quantitative estimate of drug-likeness (QED) is 0.228. The summed E-state index contributed by atoms with van der Waals surface area (Å²) in [6, 6.07) is 4.55. The maximum Gasteiger partial charge on any atom is 0.547 e. The van der Waals surface area contributed by atoms with E-state index in [0.717, 1.165) is 4.80 Å². The van der Waals surface area contributed by atoms with Crippen LogP contribution in [0.3, 0.4) is 0 Å². The lowest BCUT2D eigenvalue weighted by molar-refractivity contribution is -0.115. The highest BCUT2D eigenvalue weighted by molar-refractivity contribution is 6.48. The average molecular weight is 359 g/mol. The molecule has 0 aliphatic carbocycles. The van der Waals surface area contributed by atoms with Crippen molar-refractivity contribution < 1.29 is 29.6 Å². The van der Waals surface area contributed by atoms with E-state index in [-0.39, 0.29) is 30.0 Å². The van der Waals surface area contributed by atoms with E-state index in [2.05, 4.69) is 20.7 Å². The van der Waals surface area contributed by atoms with E-state index in [0.29, 0.717) is 5.56 Å². The number of fused-ring (bicyclic) bond motifs is 1. The molecule has 3 rings (SSSR count). The van der Waals surface area contributed by atoms with E-state index < -0.39 is 24.9 Å². The minimum absolute atomic E-state index is 0.0646. The van der Waals surface area contributed by atoms with E-state index in [4.69, 9.17) is 9.86 Å². The van der Waals surface area contributed by atoms with Crippen LogP contribution in [-0.4, -0.2) is 61.0 Å². The predicted molar refractivity (Wildman–Crippen MR) is 86.9 cm³/mol. The van der Waals surface area contributed by atoms with Crippen molar-refractivity contribution in [2.75, 3.05) is 0 Å². The molecule has 2 aromatic rings.